The molecule has 1 unspecified atom stereocenters. The molecule has 2 heterocycles. The Morgan fingerprint density at radius 1 is 1.28 bits per heavy atom. The van der Waals surface area contributed by atoms with E-state index in [1.54, 1.807) is 6.20 Å². The van der Waals surface area contributed by atoms with Gasteiger partial charge in [-0.05, 0) is 30.3 Å². The molecule has 0 spiro atoms. The number of anilines is 3. The Labute approximate surface area is 156 Å². The van der Waals surface area contributed by atoms with Crippen molar-refractivity contribution in [2.24, 2.45) is 0 Å². The molecule has 0 saturated heterocycles. The molecular formula is C17H14ClN3O2S2. The van der Waals surface area contributed by atoms with E-state index in [1.165, 1.54) is 11.3 Å². The van der Waals surface area contributed by atoms with Crippen LogP contribution in [-0.2, 0) is 11.0 Å². The van der Waals surface area contributed by atoms with Crippen LogP contribution in [0.3, 0.4) is 0 Å². The number of nitrogens with zero attached hydrogens (tertiary/aromatic N) is 2. The van der Waals surface area contributed by atoms with Crippen LogP contribution in [0.1, 0.15) is 0 Å². The van der Waals surface area contributed by atoms with Crippen LogP contribution in [0.5, 0.6) is 5.75 Å². The molecule has 0 fully saturated rings. The molecule has 0 amide bonds. The summed E-state index contributed by atoms with van der Waals surface area (Å²) in [6, 6.07) is 13.3. The highest BCUT2D eigenvalue weighted by atomic mass is 35.5. The summed E-state index contributed by atoms with van der Waals surface area (Å²) >= 11 is 7.52. The Morgan fingerprint density at radius 2 is 2.20 bits per heavy atom. The molecule has 0 saturated carbocycles. The Hall–Kier alpha value is -2.09. The average Bonchev–Trinajstić information content (AvgIpc) is 3.13. The Balaban J connectivity index is 1.63. The normalized spacial score (nSPS) is 14.5. The van der Waals surface area contributed by atoms with Gasteiger partial charge in [0.1, 0.15) is 12.4 Å². The van der Waals surface area contributed by atoms with Crippen molar-refractivity contribution < 1.29 is 8.95 Å². The molecule has 1 aliphatic rings. The molecule has 0 radical (unpaired) electrons. The number of benzene rings is 2. The smallest absolute Gasteiger partial charge is 0.194 e. The fraction of sp³-hybridized carbons (Fsp3) is 0.118. The summed E-state index contributed by atoms with van der Waals surface area (Å²) in [5, 5.41) is 3.15. The fourth-order valence-corrected chi connectivity index (χ4v) is 4.35. The van der Waals surface area contributed by atoms with E-state index in [2.05, 4.69) is 14.6 Å². The topological polar surface area (TPSA) is 54.5 Å². The van der Waals surface area contributed by atoms with E-state index in [0.29, 0.717) is 27.4 Å². The molecule has 0 bridgehead atoms. The van der Waals surface area contributed by atoms with E-state index in [1.807, 2.05) is 47.8 Å². The largest absolute Gasteiger partial charge is 0.489 e. The molecule has 3 aromatic rings. The lowest BCUT2D eigenvalue weighted by Crippen LogP contribution is -2.28. The third-order valence-electron chi connectivity index (χ3n) is 3.74. The lowest BCUT2D eigenvalue weighted by Gasteiger charge is -2.31. The van der Waals surface area contributed by atoms with Crippen LogP contribution < -0.4 is 14.4 Å². The van der Waals surface area contributed by atoms with Gasteiger partial charge >= 0.3 is 0 Å². The molecule has 1 atom stereocenters. The molecule has 1 aliphatic heterocycles. The number of fused-ring (bicyclic) bond motifs is 1. The van der Waals surface area contributed by atoms with E-state index in [4.69, 9.17) is 16.3 Å². The van der Waals surface area contributed by atoms with Gasteiger partial charge in [-0.1, -0.05) is 17.7 Å². The zero-order chi connectivity index (χ0) is 17.2. The lowest BCUT2D eigenvalue weighted by atomic mass is 10.2. The minimum atomic E-state index is -1.39. The predicted molar refractivity (Wildman–Crippen MR) is 103 cm³/mol. The highest BCUT2D eigenvalue weighted by Gasteiger charge is 2.21. The number of ether oxygens (including phenoxy) is 1. The lowest BCUT2D eigenvalue weighted by molar-refractivity contribution is 0.313. The van der Waals surface area contributed by atoms with Crippen LogP contribution in [0.25, 0.3) is 0 Å². The molecule has 8 heteroatoms. The number of nitrogens with one attached hydrogen (secondary N) is 1. The Bertz CT molecular complexity index is 918. The SMILES string of the molecule is O=S(Nc1nccs1)c1ccc2c(c1)OCCN2c1cccc(Cl)c1. The second-order valence-electron chi connectivity index (χ2n) is 5.32. The molecule has 5 nitrogen and oxygen atoms in total. The van der Waals surface area contributed by atoms with Crippen LogP contribution in [0.15, 0.2) is 58.9 Å². The van der Waals surface area contributed by atoms with Crippen LogP contribution in [0, 0.1) is 0 Å². The van der Waals surface area contributed by atoms with Crippen molar-refractivity contribution in [1.29, 1.82) is 0 Å². The maximum absolute atomic E-state index is 12.5. The third-order valence-corrected chi connectivity index (χ3v) is 5.85. The first kappa shape index (κ1) is 16.4. The number of hydrogen-bond donors (Lipinski definition) is 1. The molecule has 4 rings (SSSR count). The maximum Gasteiger partial charge on any atom is 0.194 e. The number of thiazole rings is 1. The van der Waals surface area contributed by atoms with Gasteiger partial charge in [0, 0.05) is 28.4 Å². The molecule has 128 valence electrons. The molecular weight excluding hydrogens is 378 g/mol. The van der Waals surface area contributed by atoms with Crippen LogP contribution in [0.4, 0.5) is 16.5 Å². The number of aromatic nitrogens is 1. The first-order chi connectivity index (χ1) is 12.2. The zero-order valence-corrected chi connectivity index (χ0v) is 15.4. The van der Waals surface area contributed by atoms with E-state index >= 15 is 0 Å². The van der Waals surface area contributed by atoms with Gasteiger partial charge in [-0.2, -0.15) is 0 Å². The van der Waals surface area contributed by atoms with Crippen molar-refractivity contribution in [2.45, 2.75) is 4.90 Å². The Kier molecular flexibility index (Phi) is 4.61. The highest BCUT2D eigenvalue weighted by molar-refractivity contribution is 7.86. The first-order valence-corrected chi connectivity index (χ1v) is 9.99. The number of hydrogen-bond acceptors (Lipinski definition) is 5. The average molecular weight is 392 g/mol. The quantitative estimate of drug-likeness (QED) is 0.713. The van der Waals surface area contributed by atoms with Crippen molar-refractivity contribution >= 4 is 50.4 Å². The summed E-state index contributed by atoms with van der Waals surface area (Å²) in [4.78, 5) is 6.88. The summed E-state index contributed by atoms with van der Waals surface area (Å²) in [7, 11) is -1.39. The predicted octanol–water partition coefficient (Wildman–Crippen LogP) is 4.46. The van der Waals surface area contributed by atoms with Gasteiger partial charge in [-0.15, -0.1) is 11.3 Å². The van der Waals surface area contributed by atoms with Crippen molar-refractivity contribution in [3.8, 4) is 5.75 Å². The third kappa shape index (κ3) is 3.49. The molecule has 2 aromatic carbocycles. The standard InChI is InChI=1S/C17H14ClN3O2S2/c18-12-2-1-3-13(10-12)21-7-8-23-16-11-14(4-5-15(16)21)25(22)20-17-19-6-9-24-17/h1-6,9-11H,7-8H2,(H,19,20). The monoisotopic (exact) mass is 391 g/mol. The zero-order valence-electron chi connectivity index (χ0n) is 13.0. The number of halogens is 1. The number of rotatable bonds is 4. The van der Waals surface area contributed by atoms with Gasteiger partial charge in [-0.3, -0.25) is 4.72 Å². The van der Waals surface area contributed by atoms with Gasteiger partial charge in [0.15, 0.2) is 16.1 Å². The molecule has 0 aliphatic carbocycles. The molecule has 1 aromatic heterocycles. The minimum Gasteiger partial charge on any atom is -0.489 e. The minimum absolute atomic E-state index is 0.551. The van der Waals surface area contributed by atoms with E-state index in [9.17, 15) is 4.21 Å². The van der Waals surface area contributed by atoms with Gasteiger partial charge in [0.25, 0.3) is 0 Å². The van der Waals surface area contributed by atoms with Crippen molar-refractivity contribution in [3.05, 3.63) is 59.1 Å². The second-order valence-corrected chi connectivity index (χ2v) is 7.86. The summed E-state index contributed by atoms with van der Waals surface area (Å²) in [5.74, 6) is 0.706. The van der Waals surface area contributed by atoms with Crippen LogP contribution >= 0.6 is 22.9 Å². The van der Waals surface area contributed by atoms with Gasteiger partial charge in [0.2, 0.25) is 0 Å². The first-order valence-electron chi connectivity index (χ1n) is 7.58. The molecule has 1 N–H and O–H groups in total. The van der Waals surface area contributed by atoms with Crippen molar-refractivity contribution in [2.75, 3.05) is 22.8 Å². The van der Waals surface area contributed by atoms with E-state index in [0.717, 1.165) is 17.9 Å². The van der Waals surface area contributed by atoms with Gasteiger partial charge < -0.3 is 9.64 Å². The summed E-state index contributed by atoms with van der Waals surface area (Å²) in [6.45, 7) is 1.28. The molecule has 25 heavy (non-hydrogen) atoms. The Morgan fingerprint density at radius 3 is 3.00 bits per heavy atom. The van der Waals surface area contributed by atoms with Crippen molar-refractivity contribution in [1.82, 2.24) is 4.98 Å². The summed E-state index contributed by atoms with van der Waals surface area (Å²) in [5.41, 5.74) is 1.94. The van der Waals surface area contributed by atoms with Crippen LogP contribution in [-0.4, -0.2) is 22.3 Å². The van der Waals surface area contributed by atoms with E-state index in [-0.39, 0.29) is 0 Å². The van der Waals surface area contributed by atoms with Crippen LogP contribution in [0.2, 0.25) is 5.02 Å². The highest BCUT2D eigenvalue weighted by Crippen LogP contribution is 2.38. The van der Waals surface area contributed by atoms with E-state index < -0.39 is 11.0 Å². The summed E-state index contributed by atoms with van der Waals surface area (Å²) in [6.07, 6.45) is 1.67. The second kappa shape index (κ2) is 7.03. The summed E-state index contributed by atoms with van der Waals surface area (Å²) < 4.78 is 21.1. The fourth-order valence-electron chi connectivity index (χ4n) is 2.64. The van der Waals surface area contributed by atoms with Gasteiger partial charge in [0.05, 0.1) is 17.1 Å². The maximum atomic E-state index is 12.5. The van der Waals surface area contributed by atoms with Crippen molar-refractivity contribution in [3.63, 3.8) is 0 Å². The van der Waals surface area contributed by atoms with Gasteiger partial charge in [-0.25, -0.2) is 9.19 Å².